The van der Waals surface area contributed by atoms with Gasteiger partial charge in [-0.05, 0) is 37.3 Å². The highest BCUT2D eigenvalue weighted by molar-refractivity contribution is 7.95. The zero-order chi connectivity index (χ0) is 15.0. The summed E-state index contributed by atoms with van der Waals surface area (Å²) in [5.74, 6) is 0.708. The predicted molar refractivity (Wildman–Crippen MR) is 79.9 cm³/mol. The normalized spacial score (nSPS) is 15.4. The van der Waals surface area contributed by atoms with Crippen LogP contribution in [-0.2, 0) is 9.84 Å². The van der Waals surface area contributed by atoms with Crippen LogP contribution in [0.25, 0.3) is 5.57 Å². The van der Waals surface area contributed by atoms with E-state index in [1.807, 2.05) is 31.2 Å². The number of sulfone groups is 1. The van der Waals surface area contributed by atoms with E-state index in [1.54, 1.807) is 0 Å². The molecule has 3 rings (SSSR count). The zero-order valence-corrected chi connectivity index (χ0v) is 12.2. The minimum Gasteiger partial charge on any atom is -0.508 e. The van der Waals surface area contributed by atoms with Gasteiger partial charge in [0.05, 0.1) is 4.90 Å². The molecule has 0 amide bonds. The molecule has 0 fully saturated rings. The van der Waals surface area contributed by atoms with Gasteiger partial charge >= 0.3 is 0 Å². The Bertz CT molecular complexity index is 818. The minimum absolute atomic E-state index is 0.0343. The number of rotatable bonds is 3. The average Bonchev–Trinajstić information content (AvgIpc) is 2.69. The number of fused-ring (bicyclic) bond motifs is 1. The lowest BCUT2D eigenvalue weighted by molar-refractivity contribution is 0.369. The quantitative estimate of drug-likeness (QED) is 0.947. The summed E-state index contributed by atoms with van der Waals surface area (Å²) in [4.78, 5) is 0.211. The largest absolute Gasteiger partial charge is 0.508 e. The number of aryl methyl sites for hydroxylation is 1. The van der Waals surface area contributed by atoms with Gasteiger partial charge in [0, 0.05) is 16.5 Å². The third-order valence-corrected chi connectivity index (χ3v) is 4.89. The van der Waals surface area contributed by atoms with E-state index in [-0.39, 0.29) is 17.3 Å². The van der Waals surface area contributed by atoms with Gasteiger partial charge in [-0.2, -0.15) is 0 Å². The van der Waals surface area contributed by atoms with Gasteiger partial charge in [0.25, 0.3) is 0 Å². The third kappa shape index (κ3) is 2.64. The summed E-state index contributed by atoms with van der Waals surface area (Å²) in [6, 6.07) is 11.8. The van der Waals surface area contributed by atoms with Gasteiger partial charge in [-0.1, -0.05) is 17.7 Å². The van der Waals surface area contributed by atoms with Crippen LogP contribution in [0.1, 0.15) is 11.1 Å². The van der Waals surface area contributed by atoms with E-state index in [1.165, 1.54) is 23.6 Å². The summed E-state index contributed by atoms with van der Waals surface area (Å²) < 4.78 is 29.7. The van der Waals surface area contributed by atoms with E-state index in [0.717, 1.165) is 5.56 Å². The monoisotopic (exact) mass is 302 g/mol. The smallest absolute Gasteiger partial charge is 0.200 e. The molecule has 0 atom stereocenters. The molecular weight excluding hydrogens is 288 g/mol. The molecule has 1 N–H and O–H groups in total. The second kappa shape index (κ2) is 4.93. The summed E-state index contributed by atoms with van der Waals surface area (Å²) in [5.41, 5.74) is 2.17. The molecule has 108 valence electrons. The van der Waals surface area contributed by atoms with Crippen molar-refractivity contribution in [2.45, 2.75) is 11.8 Å². The van der Waals surface area contributed by atoms with Crippen molar-refractivity contribution in [3.05, 3.63) is 59.0 Å². The first-order valence-electron chi connectivity index (χ1n) is 6.44. The first kappa shape index (κ1) is 13.7. The van der Waals surface area contributed by atoms with Crippen LogP contribution in [-0.4, -0.2) is 20.1 Å². The molecule has 5 heteroatoms. The lowest BCUT2D eigenvalue weighted by Gasteiger charge is -2.08. The summed E-state index contributed by atoms with van der Waals surface area (Å²) in [5, 5.41) is 10.7. The minimum atomic E-state index is -3.44. The summed E-state index contributed by atoms with van der Waals surface area (Å²) in [6.45, 7) is 2.12. The molecule has 0 spiro atoms. The highest BCUT2D eigenvalue weighted by atomic mass is 32.2. The van der Waals surface area contributed by atoms with Crippen LogP contribution in [0.4, 0.5) is 0 Å². The van der Waals surface area contributed by atoms with Crippen molar-refractivity contribution in [1.29, 1.82) is 0 Å². The number of hydrogen-bond donors (Lipinski definition) is 1. The van der Waals surface area contributed by atoms with Crippen molar-refractivity contribution in [3.63, 3.8) is 0 Å². The number of ether oxygens (including phenoxy) is 1. The number of phenols is 1. The Morgan fingerprint density at radius 3 is 2.52 bits per heavy atom. The summed E-state index contributed by atoms with van der Waals surface area (Å²) in [6.07, 6.45) is 0. The van der Waals surface area contributed by atoms with Crippen LogP contribution >= 0.6 is 0 Å². The fourth-order valence-electron chi connectivity index (χ4n) is 2.24. The Kier molecular flexibility index (Phi) is 3.22. The van der Waals surface area contributed by atoms with Crippen LogP contribution in [0.5, 0.6) is 11.5 Å². The SMILES string of the molecule is Cc1ccc(OCC2=CS(=O)(=O)c3ccc(O)cc32)cc1. The van der Waals surface area contributed by atoms with Crippen LogP contribution in [0.3, 0.4) is 0 Å². The van der Waals surface area contributed by atoms with Crippen molar-refractivity contribution < 1.29 is 18.3 Å². The lowest BCUT2D eigenvalue weighted by Crippen LogP contribution is -1.99. The van der Waals surface area contributed by atoms with Crippen LogP contribution in [0.2, 0.25) is 0 Å². The molecule has 4 nitrogen and oxygen atoms in total. The molecule has 1 aliphatic heterocycles. The molecule has 1 aliphatic rings. The van der Waals surface area contributed by atoms with Gasteiger partial charge in [-0.15, -0.1) is 0 Å². The molecule has 0 radical (unpaired) electrons. The first-order chi connectivity index (χ1) is 9.95. The van der Waals surface area contributed by atoms with E-state index in [2.05, 4.69) is 0 Å². The molecule has 0 aromatic heterocycles. The summed E-state index contributed by atoms with van der Waals surface area (Å²) in [7, 11) is -3.44. The second-order valence-corrected chi connectivity index (χ2v) is 6.74. The molecule has 0 aliphatic carbocycles. The van der Waals surface area contributed by atoms with Gasteiger partial charge in [-0.25, -0.2) is 8.42 Å². The molecule has 1 heterocycles. The third-order valence-electron chi connectivity index (χ3n) is 3.33. The highest BCUT2D eigenvalue weighted by Gasteiger charge is 2.27. The molecule has 0 saturated carbocycles. The van der Waals surface area contributed by atoms with Crippen molar-refractivity contribution in [2.24, 2.45) is 0 Å². The fourth-order valence-corrected chi connectivity index (χ4v) is 3.69. The van der Waals surface area contributed by atoms with Gasteiger partial charge in [0.15, 0.2) is 0 Å². The molecule has 2 aromatic rings. The maximum Gasteiger partial charge on any atom is 0.200 e. The van der Waals surface area contributed by atoms with E-state index in [9.17, 15) is 13.5 Å². The number of hydrogen-bond acceptors (Lipinski definition) is 4. The number of aromatic hydroxyl groups is 1. The Hall–Kier alpha value is -2.27. The first-order valence-corrected chi connectivity index (χ1v) is 7.99. The van der Waals surface area contributed by atoms with Crippen molar-refractivity contribution in [2.75, 3.05) is 6.61 Å². The van der Waals surface area contributed by atoms with Gasteiger partial charge < -0.3 is 9.84 Å². The van der Waals surface area contributed by atoms with Crippen LogP contribution in [0.15, 0.2) is 52.8 Å². The molecule has 0 saturated heterocycles. The van der Waals surface area contributed by atoms with Gasteiger partial charge in [0.2, 0.25) is 9.84 Å². The molecule has 2 aromatic carbocycles. The van der Waals surface area contributed by atoms with E-state index in [0.29, 0.717) is 16.9 Å². The highest BCUT2D eigenvalue weighted by Crippen LogP contribution is 2.35. The topological polar surface area (TPSA) is 63.6 Å². The van der Waals surface area contributed by atoms with Crippen LogP contribution < -0.4 is 4.74 Å². The number of benzene rings is 2. The van der Waals surface area contributed by atoms with Crippen molar-refractivity contribution >= 4 is 15.4 Å². The summed E-state index contributed by atoms with van der Waals surface area (Å²) >= 11 is 0. The second-order valence-electron chi connectivity index (χ2n) is 4.97. The van der Waals surface area contributed by atoms with E-state index in [4.69, 9.17) is 4.74 Å². The van der Waals surface area contributed by atoms with Crippen molar-refractivity contribution in [1.82, 2.24) is 0 Å². The lowest BCUT2D eigenvalue weighted by atomic mass is 10.1. The maximum absolute atomic E-state index is 12.0. The Morgan fingerprint density at radius 1 is 1.10 bits per heavy atom. The molecule has 21 heavy (non-hydrogen) atoms. The van der Waals surface area contributed by atoms with Crippen molar-refractivity contribution in [3.8, 4) is 11.5 Å². The fraction of sp³-hybridized carbons (Fsp3) is 0.125. The van der Waals surface area contributed by atoms with E-state index < -0.39 is 9.84 Å². The zero-order valence-electron chi connectivity index (χ0n) is 11.4. The standard InChI is InChI=1S/C16H14O4S/c1-11-2-5-14(6-3-11)20-9-12-10-21(18,19)16-7-4-13(17)8-15(12)16/h2-8,10,17H,9H2,1H3. The Labute approximate surface area is 123 Å². The Balaban J connectivity index is 1.87. The number of phenolic OH excluding ortho intramolecular Hbond substituents is 1. The van der Waals surface area contributed by atoms with E-state index >= 15 is 0 Å². The molecular formula is C16H14O4S. The Morgan fingerprint density at radius 2 is 1.81 bits per heavy atom. The maximum atomic E-state index is 12.0. The molecule has 0 unspecified atom stereocenters. The average molecular weight is 302 g/mol. The van der Waals surface area contributed by atoms with Gasteiger partial charge in [0.1, 0.15) is 18.1 Å². The van der Waals surface area contributed by atoms with Crippen LogP contribution in [0, 0.1) is 6.92 Å². The predicted octanol–water partition coefficient (Wildman–Crippen LogP) is 2.91. The van der Waals surface area contributed by atoms with Gasteiger partial charge in [-0.3, -0.25) is 0 Å². The molecule has 0 bridgehead atoms.